The summed E-state index contributed by atoms with van der Waals surface area (Å²) >= 11 is 0. The Kier molecular flexibility index (Phi) is 11.5. The van der Waals surface area contributed by atoms with Gasteiger partial charge in [0.2, 0.25) is 5.95 Å². The number of carbonyl (C=O) groups is 1. The van der Waals surface area contributed by atoms with Crippen LogP contribution < -0.4 is 15.5 Å². The highest BCUT2D eigenvalue weighted by molar-refractivity contribution is 5.69. The molecule has 3 aromatic rings. The standard InChI is InChI=1S/C30H43N9O4/c1-41-29(40)10-17-42-16-5-11-39-23-26(35-36-39)21-31-30-33-27(20-28(34-30)38-14-18-43-19-15-38)32-25-8-12-37(13-9-25)22-24-6-3-2-4-7-24/h2-4,6-7,20,23,25H,5,8-19,21-22H2,1H3,(H2,31,32,33,34). The third kappa shape index (κ3) is 9.87. The van der Waals surface area contributed by atoms with Crippen LogP contribution in [0.15, 0.2) is 42.6 Å². The van der Waals surface area contributed by atoms with Gasteiger partial charge in [0.15, 0.2) is 0 Å². The Morgan fingerprint density at radius 2 is 1.88 bits per heavy atom. The number of esters is 1. The summed E-state index contributed by atoms with van der Waals surface area (Å²) in [5.41, 5.74) is 2.16. The Morgan fingerprint density at radius 1 is 1.07 bits per heavy atom. The van der Waals surface area contributed by atoms with E-state index in [4.69, 9.17) is 19.4 Å². The maximum absolute atomic E-state index is 11.2. The lowest BCUT2D eigenvalue weighted by Crippen LogP contribution is -2.39. The van der Waals surface area contributed by atoms with Gasteiger partial charge < -0.3 is 29.7 Å². The molecule has 0 spiro atoms. The second kappa shape index (κ2) is 16.1. The first-order valence-electron chi connectivity index (χ1n) is 15.2. The minimum Gasteiger partial charge on any atom is -0.469 e. The molecule has 2 fully saturated rings. The number of ether oxygens (including phenoxy) is 3. The largest absolute Gasteiger partial charge is 0.469 e. The maximum atomic E-state index is 11.2. The van der Waals surface area contributed by atoms with Crippen LogP contribution in [0.1, 0.15) is 36.9 Å². The van der Waals surface area contributed by atoms with Crippen LogP contribution in [0.4, 0.5) is 17.6 Å². The molecule has 2 aliphatic heterocycles. The van der Waals surface area contributed by atoms with Gasteiger partial charge in [-0.2, -0.15) is 9.97 Å². The number of benzene rings is 1. The molecule has 0 radical (unpaired) electrons. The van der Waals surface area contributed by atoms with E-state index in [2.05, 4.69) is 71.9 Å². The molecule has 1 aromatic carbocycles. The van der Waals surface area contributed by atoms with Crippen molar-refractivity contribution in [2.75, 3.05) is 75.2 Å². The molecule has 0 bridgehead atoms. The number of anilines is 3. The molecular weight excluding hydrogens is 550 g/mol. The highest BCUT2D eigenvalue weighted by Crippen LogP contribution is 2.23. The lowest BCUT2D eigenvalue weighted by atomic mass is 10.0. The van der Waals surface area contributed by atoms with Crippen molar-refractivity contribution in [1.82, 2.24) is 29.9 Å². The second-order valence-corrected chi connectivity index (χ2v) is 10.8. The number of rotatable bonds is 15. The minimum atomic E-state index is -0.268. The summed E-state index contributed by atoms with van der Waals surface area (Å²) in [6.07, 6.45) is 5.06. The summed E-state index contributed by atoms with van der Waals surface area (Å²) in [5, 5.41) is 15.6. The summed E-state index contributed by atoms with van der Waals surface area (Å²) < 4.78 is 17.5. The lowest BCUT2D eigenvalue weighted by molar-refractivity contribution is -0.141. The van der Waals surface area contributed by atoms with E-state index in [-0.39, 0.29) is 12.4 Å². The number of nitrogens with one attached hydrogen (secondary N) is 2. The number of piperidine rings is 1. The van der Waals surface area contributed by atoms with Gasteiger partial charge >= 0.3 is 5.97 Å². The summed E-state index contributed by atoms with van der Waals surface area (Å²) in [7, 11) is 1.38. The van der Waals surface area contributed by atoms with Gasteiger partial charge in [0.25, 0.3) is 0 Å². The molecule has 4 heterocycles. The molecule has 43 heavy (non-hydrogen) atoms. The summed E-state index contributed by atoms with van der Waals surface area (Å²) in [5.74, 6) is 2.01. The minimum absolute atomic E-state index is 0.260. The molecule has 0 unspecified atom stereocenters. The molecule has 2 aromatic heterocycles. The predicted octanol–water partition coefficient (Wildman–Crippen LogP) is 2.56. The summed E-state index contributed by atoms with van der Waals surface area (Å²) in [4.78, 5) is 25.6. The van der Waals surface area contributed by atoms with Crippen LogP contribution in [0.25, 0.3) is 0 Å². The van der Waals surface area contributed by atoms with Gasteiger partial charge in [-0.1, -0.05) is 35.5 Å². The third-order valence-electron chi connectivity index (χ3n) is 7.60. The molecule has 0 saturated carbocycles. The summed E-state index contributed by atoms with van der Waals surface area (Å²) in [6.45, 7) is 8.09. The Labute approximate surface area is 252 Å². The van der Waals surface area contributed by atoms with E-state index in [0.717, 1.165) is 69.3 Å². The third-order valence-corrected chi connectivity index (χ3v) is 7.60. The quantitative estimate of drug-likeness (QED) is 0.198. The van der Waals surface area contributed by atoms with Crippen molar-refractivity contribution in [2.24, 2.45) is 0 Å². The van der Waals surface area contributed by atoms with Crippen LogP contribution in [-0.2, 0) is 38.6 Å². The number of nitrogens with zero attached hydrogens (tertiary/aromatic N) is 7. The average molecular weight is 594 g/mol. The molecule has 0 aliphatic carbocycles. The normalized spacial score (nSPS) is 16.3. The van der Waals surface area contributed by atoms with E-state index in [1.54, 1.807) is 4.68 Å². The molecule has 2 saturated heterocycles. The second-order valence-electron chi connectivity index (χ2n) is 10.8. The van der Waals surface area contributed by atoms with Crippen LogP contribution in [0, 0.1) is 0 Å². The van der Waals surface area contributed by atoms with Crippen LogP contribution in [-0.4, -0.2) is 102 Å². The highest BCUT2D eigenvalue weighted by Gasteiger charge is 2.21. The molecule has 13 heteroatoms. The van der Waals surface area contributed by atoms with E-state index in [9.17, 15) is 4.79 Å². The van der Waals surface area contributed by atoms with E-state index in [1.165, 1.54) is 12.7 Å². The Morgan fingerprint density at radius 3 is 2.67 bits per heavy atom. The van der Waals surface area contributed by atoms with E-state index >= 15 is 0 Å². The number of morpholine rings is 1. The maximum Gasteiger partial charge on any atom is 0.307 e. The SMILES string of the molecule is COC(=O)CCOCCCn1cc(CNc2nc(NC3CCN(Cc4ccccc4)CC3)cc(N3CCOCC3)n2)nn1. The van der Waals surface area contributed by atoms with Crippen molar-refractivity contribution in [1.29, 1.82) is 0 Å². The van der Waals surface area contributed by atoms with Gasteiger partial charge in [-0.05, 0) is 24.8 Å². The van der Waals surface area contributed by atoms with Gasteiger partial charge in [0.05, 0.1) is 46.1 Å². The zero-order chi connectivity index (χ0) is 29.7. The smallest absolute Gasteiger partial charge is 0.307 e. The van der Waals surface area contributed by atoms with Gasteiger partial charge in [-0.3, -0.25) is 14.4 Å². The zero-order valence-corrected chi connectivity index (χ0v) is 25.0. The number of aromatic nitrogens is 5. The number of aryl methyl sites for hydroxylation is 1. The fourth-order valence-electron chi connectivity index (χ4n) is 5.21. The van der Waals surface area contributed by atoms with Crippen LogP contribution in [0.2, 0.25) is 0 Å². The first-order valence-corrected chi connectivity index (χ1v) is 15.2. The Balaban J connectivity index is 1.13. The van der Waals surface area contributed by atoms with E-state index in [0.29, 0.717) is 51.5 Å². The zero-order valence-electron chi connectivity index (χ0n) is 25.0. The van der Waals surface area contributed by atoms with E-state index < -0.39 is 0 Å². The van der Waals surface area contributed by atoms with Crippen LogP contribution in [0.3, 0.4) is 0 Å². The molecule has 13 nitrogen and oxygen atoms in total. The molecular formula is C30H43N9O4. The molecule has 0 atom stereocenters. The van der Waals surface area contributed by atoms with Crippen molar-refractivity contribution in [3.8, 4) is 0 Å². The molecule has 2 aliphatic rings. The molecule has 2 N–H and O–H groups in total. The van der Waals surface area contributed by atoms with Crippen molar-refractivity contribution in [3.63, 3.8) is 0 Å². The van der Waals surface area contributed by atoms with Crippen molar-refractivity contribution < 1.29 is 19.0 Å². The first-order chi connectivity index (χ1) is 21.1. The summed E-state index contributed by atoms with van der Waals surface area (Å²) in [6, 6.07) is 13.1. The fraction of sp³-hybridized carbons (Fsp3) is 0.567. The van der Waals surface area contributed by atoms with E-state index in [1.807, 2.05) is 6.20 Å². The van der Waals surface area contributed by atoms with Crippen molar-refractivity contribution in [3.05, 3.63) is 53.9 Å². The van der Waals surface area contributed by atoms with Gasteiger partial charge in [-0.15, -0.1) is 5.10 Å². The fourth-order valence-corrected chi connectivity index (χ4v) is 5.21. The monoisotopic (exact) mass is 593 g/mol. The van der Waals surface area contributed by atoms with Crippen molar-refractivity contribution in [2.45, 2.75) is 51.4 Å². The Hall–Kier alpha value is -3.81. The predicted molar refractivity (Wildman–Crippen MR) is 163 cm³/mol. The number of carbonyl (C=O) groups excluding carboxylic acids is 1. The van der Waals surface area contributed by atoms with Gasteiger partial charge in [-0.25, -0.2) is 0 Å². The van der Waals surface area contributed by atoms with Crippen LogP contribution >= 0.6 is 0 Å². The molecule has 5 rings (SSSR count). The number of hydrogen-bond acceptors (Lipinski definition) is 12. The first kappa shape index (κ1) is 30.6. The number of likely N-dealkylation sites (tertiary alicyclic amines) is 1. The average Bonchev–Trinajstić information content (AvgIpc) is 3.51. The lowest BCUT2D eigenvalue weighted by Gasteiger charge is -2.33. The van der Waals surface area contributed by atoms with Gasteiger partial charge in [0.1, 0.15) is 17.3 Å². The number of methoxy groups -OCH3 is 1. The topological polar surface area (TPSA) is 132 Å². The molecule has 0 amide bonds. The molecule has 232 valence electrons. The highest BCUT2D eigenvalue weighted by atomic mass is 16.5. The van der Waals surface area contributed by atoms with Crippen molar-refractivity contribution >= 4 is 23.6 Å². The number of hydrogen-bond donors (Lipinski definition) is 2. The van der Waals surface area contributed by atoms with Crippen LogP contribution in [0.5, 0.6) is 0 Å². The Bertz CT molecular complexity index is 1260. The van der Waals surface area contributed by atoms with Gasteiger partial charge in [0, 0.05) is 58.0 Å².